The molecule has 0 bridgehead atoms. The van der Waals surface area contributed by atoms with E-state index in [9.17, 15) is 13.2 Å². The number of carboxylic acids is 1. The maximum atomic E-state index is 12.5. The van der Waals surface area contributed by atoms with E-state index in [0.717, 1.165) is 16.7 Å². The predicted molar refractivity (Wildman–Crippen MR) is 96.9 cm³/mol. The van der Waals surface area contributed by atoms with Gasteiger partial charge in [-0.25, -0.2) is 17.9 Å². The highest BCUT2D eigenvalue weighted by Crippen LogP contribution is 2.26. The Bertz CT molecular complexity index is 906. The summed E-state index contributed by atoms with van der Waals surface area (Å²) in [6, 6.07) is 12.0. The monoisotopic (exact) mass is 375 g/mol. The van der Waals surface area contributed by atoms with Crippen LogP contribution in [0, 0.1) is 6.92 Å². The van der Waals surface area contributed by atoms with Crippen LogP contribution in [0.4, 0.5) is 0 Å². The van der Waals surface area contributed by atoms with Crippen LogP contribution in [-0.4, -0.2) is 32.1 Å². The molecule has 0 aromatic heterocycles. The number of rotatable bonds is 6. The highest BCUT2D eigenvalue weighted by Gasteiger charge is 2.24. The fraction of sp³-hybridized carbons (Fsp3) is 0.316. The number of aliphatic carboxylic acids is 1. The molecule has 2 N–H and O–H groups in total. The molecule has 0 aliphatic heterocycles. The van der Waals surface area contributed by atoms with Crippen LogP contribution < -0.4 is 9.46 Å². The minimum atomic E-state index is -3.55. The topological polar surface area (TPSA) is 92.7 Å². The molecular formula is C19H21NO5S. The number of aryl methyl sites for hydroxylation is 2. The second kappa shape index (κ2) is 7.47. The summed E-state index contributed by atoms with van der Waals surface area (Å²) in [5.41, 5.74) is 3.13. The summed E-state index contributed by atoms with van der Waals surface area (Å²) >= 11 is 0. The summed E-state index contributed by atoms with van der Waals surface area (Å²) in [6.45, 7) is 1.54. The first-order chi connectivity index (χ1) is 12.3. The van der Waals surface area contributed by atoms with Gasteiger partial charge in [0.15, 0.2) is 6.61 Å². The number of benzene rings is 2. The second-order valence-corrected chi connectivity index (χ2v) is 8.20. The van der Waals surface area contributed by atoms with E-state index in [4.69, 9.17) is 9.84 Å². The molecule has 2 aromatic rings. The number of ether oxygens (including phenoxy) is 1. The zero-order chi connectivity index (χ0) is 18.7. The summed E-state index contributed by atoms with van der Waals surface area (Å²) in [7, 11) is -3.55. The Kier molecular flexibility index (Phi) is 5.29. The van der Waals surface area contributed by atoms with Gasteiger partial charge in [0.1, 0.15) is 5.75 Å². The Morgan fingerprint density at radius 2 is 1.92 bits per heavy atom. The van der Waals surface area contributed by atoms with Gasteiger partial charge in [-0.15, -0.1) is 0 Å². The van der Waals surface area contributed by atoms with Gasteiger partial charge in [-0.3, -0.25) is 0 Å². The Morgan fingerprint density at radius 1 is 1.19 bits per heavy atom. The Morgan fingerprint density at radius 3 is 2.62 bits per heavy atom. The molecule has 0 radical (unpaired) electrons. The average Bonchev–Trinajstić information content (AvgIpc) is 2.60. The summed E-state index contributed by atoms with van der Waals surface area (Å²) in [5.74, 6) is -0.502. The lowest BCUT2D eigenvalue weighted by atomic mass is 9.89. The molecule has 0 saturated heterocycles. The molecule has 0 spiro atoms. The lowest BCUT2D eigenvalue weighted by Crippen LogP contribution is -2.38. The SMILES string of the molecule is Cc1ccc(S(=O)(=O)NC2CCc3cc(OCC(=O)O)ccc3C2)cc1. The van der Waals surface area contributed by atoms with E-state index in [1.54, 1.807) is 30.3 Å². The summed E-state index contributed by atoms with van der Waals surface area (Å²) < 4.78 is 33.1. The first kappa shape index (κ1) is 18.4. The third-order valence-corrected chi connectivity index (χ3v) is 5.96. The lowest BCUT2D eigenvalue weighted by molar-refractivity contribution is -0.139. The van der Waals surface area contributed by atoms with E-state index in [1.807, 2.05) is 19.1 Å². The molecule has 3 rings (SSSR count). The van der Waals surface area contributed by atoms with Crippen LogP contribution >= 0.6 is 0 Å². The van der Waals surface area contributed by atoms with Crippen molar-refractivity contribution in [3.63, 3.8) is 0 Å². The maximum Gasteiger partial charge on any atom is 0.341 e. The number of carboxylic acid groups (broad SMARTS) is 1. The van der Waals surface area contributed by atoms with Crippen LogP contribution in [-0.2, 0) is 27.7 Å². The van der Waals surface area contributed by atoms with Gasteiger partial charge in [0, 0.05) is 6.04 Å². The van der Waals surface area contributed by atoms with Crippen molar-refractivity contribution in [3.8, 4) is 5.75 Å². The molecular weight excluding hydrogens is 354 g/mol. The molecule has 26 heavy (non-hydrogen) atoms. The number of hydrogen-bond donors (Lipinski definition) is 2. The van der Waals surface area contributed by atoms with Crippen LogP contribution in [0.15, 0.2) is 47.4 Å². The smallest absolute Gasteiger partial charge is 0.341 e. The van der Waals surface area contributed by atoms with Gasteiger partial charge in [0.05, 0.1) is 4.90 Å². The Labute approximate surface area is 152 Å². The van der Waals surface area contributed by atoms with Crippen molar-refractivity contribution < 1.29 is 23.1 Å². The van der Waals surface area contributed by atoms with Crippen molar-refractivity contribution in [1.82, 2.24) is 4.72 Å². The summed E-state index contributed by atoms with van der Waals surface area (Å²) in [5, 5.41) is 8.68. The summed E-state index contributed by atoms with van der Waals surface area (Å²) in [6.07, 6.45) is 1.99. The third kappa shape index (κ3) is 4.42. The highest BCUT2D eigenvalue weighted by atomic mass is 32.2. The number of hydrogen-bond acceptors (Lipinski definition) is 4. The maximum absolute atomic E-state index is 12.5. The molecule has 0 saturated carbocycles. The molecule has 1 unspecified atom stereocenters. The molecule has 7 heteroatoms. The molecule has 0 amide bonds. The summed E-state index contributed by atoms with van der Waals surface area (Å²) in [4.78, 5) is 10.9. The quantitative estimate of drug-likeness (QED) is 0.808. The van der Waals surface area contributed by atoms with Gasteiger partial charge in [0.2, 0.25) is 10.0 Å². The minimum absolute atomic E-state index is 0.167. The highest BCUT2D eigenvalue weighted by molar-refractivity contribution is 7.89. The molecule has 0 heterocycles. The van der Waals surface area contributed by atoms with E-state index in [1.165, 1.54) is 0 Å². The van der Waals surface area contributed by atoms with Gasteiger partial charge in [0.25, 0.3) is 0 Å². The van der Waals surface area contributed by atoms with Crippen LogP contribution in [0.3, 0.4) is 0 Å². The fourth-order valence-corrected chi connectivity index (χ4v) is 4.34. The van der Waals surface area contributed by atoms with Crippen molar-refractivity contribution in [2.75, 3.05) is 6.61 Å². The average molecular weight is 375 g/mol. The molecule has 0 fully saturated rings. The van der Waals surface area contributed by atoms with E-state index >= 15 is 0 Å². The van der Waals surface area contributed by atoms with E-state index in [0.29, 0.717) is 25.0 Å². The number of nitrogens with one attached hydrogen (secondary N) is 1. The van der Waals surface area contributed by atoms with Crippen LogP contribution in [0.5, 0.6) is 5.75 Å². The normalized spacial score (nSPS) is 16.7. The van der Waals surface area contributed by atoms with Gasteiger partial charge in [-0.05, 0) is 61.6 Å². The third-order valence-electron chi connectivity index (χ3n) is 4.42. The van der Waals surface area contributed by atoms with Crippen LogP contribution in [0.2, 0.25) is 0 Å². The number of sulfonamides is 1. The van der Waals surface area contributed by atoms with Crippen molar-refractivity contribution in [2.45, 2.75) is 37.1 Å². The minimum Gasteiger partial charge on any atom is -0.482 e. The molecule has 1 atom stereocenters. The molecule has 1 aliphatic rings. The van der Waals surface area contributed by atoms with Gasteiger partial charge in [-0.2, -0.15) is 0 Å². The fourth-order valence-electron chi connectivity index (χ4n) is 3.07. The first-order valence-corrected chi connectivity index (χ1v) is 9.87. The predicted octanol–water partition coefficient (Wildman–Crippen LogP) is 2.29. The lowest BCUT2D eigenvalue weighted by Gasteiger charge is -2.25. The largest absolute Gasteiger partial charge is 0.482 e. The molecule has 138 valence electrons. The zero-order valence-electron chi connectivity index (χ0n) is 14.4. The molecule has 6 nitrogen and oxygen atoms in total. The number of carbonyl (C=O) groups is 1. The van der Waals surface area contributed by atoms with Gasteiger partial charge >= 0.3 is 5.97 Å². The molecule has 2 aromatic carbocycles. The Balaban J connectivity index is 1.68. The standard InChI is InChI=1S/C19H21NO5S/c1-13-2-8-18(9-3-13)26(23,24)20-16-6-4-15-11-17(25-12-19(21)22)7-5-14(15)10-16/h2-3,5,7-9,11,16,20H,4,6,10,12H2,1H3,(H,21,22). The van der Waals surface area contributed by atoms with Crippen molar-refractivity contribution in [2.24, 2.45) is 0 Å². The van der Waals surface area contributed by atoms with Crippen molar-refractivity contribution >= 4 is 16.0 Å². The molecule has 1 aliphatic carbocycles. The zero-order valence-corrected chi connectivity index (χ0v) is 15.3. The van der Waals surface area contributed by atoms with E-state index in [2.05, 4.69) is 4.72 Å². The van der Waals surface area contributed by atoms with Crippen LogP contribution in [0.1, 0.15) is 23.1 Å². The van der Waals surface area contributed by atoms with Crippen LogP contribution in [0.25, 0.3) is 0 Å². The van der Waals surface area contributed by atoms with Crippen molar-refractivity contribution in [1.29, 1.82) is 0 Å². The second-order valence-electron chi connectivity index (χ2n) is 6.49. The number of fused-ring (bicyclic) bond motifs is 1. The van der Waals surface area contributed by atoms with E-state index in [-0.39, 0.29) is 17.5 Å². The van der Waals surface area contributed by atoms with Crippen molar-refractivity contribution in [3.05, 3.63) is 59.2 Å². The van der Waals surface area contributed by atoms with Gasteiger partial charge < -0.3 is 9.84 Å². The first-order valence-electron chi connectivity index (χ1n) is 8.39. The van der Waals surface area contributed by atoms with E-state index < -0.39 is 16.0 Å². The Hall–Kier alpha value is -2.38. The van der Waals surface area contributed by atoms with Gasteiger partial charge in [-0.1, -0.05) is 23.8 Å².